The molecule has 1 atom stereocenters. The van der Waals surface area contributed by atoms with Gasteiger partial charge in [-0.3, -0.25) is 0 Å². The van der Waals surface area contributed by atoms with Crippen molar-refractivity contribution in [1.82, 2.24) is 5.32 Å². The zero-order valence-corrected chi connectivity index (χ0v) is 12.3. The summed E-state index contributed by atoms with van der Waals surface area (Å²) in [5, 5.41) is 3.88. The number of halogens is 1. The fraction of sp³-hybridized carbons (Fsp3) is 0.500. The first-order valence-electron chi connectivity index (χ1n) is 6.18. The highest BCUT2D eigenvalue weighted by atomic mass is 32.2. The van der Waals surface area contributed by atoms with Crippen molar-refractivity contribution in [1.29, 1.82) is 0 Å². The van der Waals surface area contributed by atoms with E-state index in [2.05, 4.69) is 23.2 Å². The summed E-state index contributed by atoms with van der Waals surface area (Å²) < 4.78 is 18.1. The number of esters is 1. The number of ether oxygens (including phenoxy) is 1. The third-order valence-electron chi connectivity index (χ3n) is 2.90. The van der Waals surface area contributed by atoms with Crippen molar-refractivity contribution in [2.24, 2.45) is 0 Å². The molecule has 0 bridgehead atoms. The van der Waals surface area contributed by atoms with Crippen molar-refractivity contribution in [3.05, 3.63) is 35.1 Å². The Morgan fingerprint density at radius 3 is 2.84 bits per heavy atom. The van der Waals surface area contributed by atoms with Gasteiger partial charge in [-0.15, -0.1) is 0 Å². The normalized spacial score (nSPS) is 12.2. The molecule has 0 fully saturated rings. The highest BCUT2D eigenvalue weighted by Crippen LogP contribution is 2.12. The fourth-order valence-electron chi connectivity index (χ4n) is 1.60. The first kappa shape index (κ1) is 16.0. The molecule has 0 aromatic heterocycles. The van der Waals surface area contributed by atoms with Gasteiger partial charge in [-0.05, 0) is 36.9 Å². The van der Waals surface area contributed by atoms with E-state index in [-0.39, 0.29) is 5.56 Å². The zero-order valence-electron chi connectivity index (χ0n) is 11.5. The van der Waals surface area contributed by atoms with E-state index in [0.717, 1.165) is 18.5 Å². The van der Waals surface area contributed by atoms with Crippen molar-refractivity contribution < 1.29 is 13.9 Å². The summed E-state index contributed by atoms with van der Waals surface area (Å²) in [4.78, 5) is 11.2. The topological polar surface area (TPSA) is 38.3 Å². The molecule has 106 valence electrons. The molecule has 1 aromatic rings. The van der Waals surface area contributed by atoms with Crippen LogP contribution in [0.1, 0.15) is 29.3 Å². The Balaban J connectivity index is 2.48. The molecule has 0 saturated heterocycles. The Hall–Kier alpha value is -1.07. The van der Waals surface area contributed by atoms with Gasteiger partial charge in [0.05, 0.1) is 12.7 Å². The number of carbonyl (C=O) groups is 1. The quantitative estimate of drug-likeness (QED) is 0.617. The van der Waals surface area contributed by atoms with Crippen LogP contribution in [-0.4, -0.2) is 31.1 Å². The van der Waals surface area contributed by atoms with E-state index in [1.165, 1.54) is 19.2 Å². The maximum atomic E-state index is 13.6. The van der Waals surface area contributed by atoms with E-state index in [9.17, 15) is 9.18 Å². The van der Waals surface area contributed by atoms with Crippen molar-refractivity contribution in [2.75, 3.05) is 19.9 Å². The summed E-state index contributed by atoms with van der Waals surface area (Å²) in [6.45, 7) is 3.67. The molecule has 0 saturated carbocycles. The number of methoxy groups -OCH3 is 1. The van der Waals surface area contributed by atoms with Crippen LogP contribution in [0.4, 0.5) is 4.39 Å². The van der Waals surface area contributed by atoms with Gasteiger partial charge in [-0.1, -0.05) is 13.0 Å². The second kappa shape index (κ2) is 8.17. The van der Waals surface area contributed by atoms with E-state index < -0.39 is 11.8 Å². The molecule has 0 heterocycles. The van der Waals surface area contributed by atoms with Gasteiger partial charge in [-0.2, -0.15) is 11.8 Å². The predicted octanol–water partition coefficient (Wildman–Crippen LogP) is 2.84. The highest BCUT2D eigenvalue weighted by molar-refractivity contribution is 7.99. The van der Waals surface area contributed by atoms with E-state index >= 15 is 0 Å². The Kier molecular flexibility index (Phi) is 6.87. The van der Waals surface area contributed by atoms with Crippen LogP contribution in [-0.2, 0) is 11.3 Å². The van der Waals surface area contributed by atoms with Gasteiger partial charge in [0, 0.05) is 11.8 Å². The molecule has 0 amide bonds. The predicted molar refractivity (Wildman–Crippen MR) is 77.0 cm³/mol. The van der Waals surface area contributed by atoms with Crippen molar-refractivity contribution in [3.8, 4) is 0 Å². The van der Waals surface area contributed by atoms with Crippen LogP contribution in [0.15, 0.2) is 18.2 Å². The average molecular weight is 285 g/mol. The summed E-state index contributed by atoms with van der Waals surface area (Å²) in [6, 6.07) is 4.57. The third-order valence-corrected chi connectivity index (χ3v) is 3.94. The molecular formula is C14H20FNO2S. The molecule has 1 aromatic carbocycles. The molecule has 0 aliphatic heterocycles. The average Bonchev–Trinajstić information content (AvgIpc) is 2.42. The summed E-state index contributed by atoms with van der Waals surface area (Å²) in [7, 11) is 1.24. The summed E-state index contributed by atoms with van der Waals surface area (Å²) in [5.74, 6) is -1.19. The molecule has 0 radical (unpaired) electrons. The lowest BCUT2D eigenvalue weighted by atomic mass is 10.1. The van der Waals surface area contributed by atoms with Gasteiger partial charge < -0.3 is 10.1 Å². The molecule has 5 heteroatoms. The van der Waals surface area contributed by atoms with E-state index in [4.69, 9.17) is 0 Å². The summed E-state index contributed by atoms with van der Waals surface area (Å²) >= 11 is 1.83. The van der Waals surface area contributed by atoms with Crippen LogP contribution in [0, 0.1) is 5.82 Å². The van der Waals surface area contributed by atoms with Crippen LogP contribution in [0.25, 0.3) is 0 Å². The SMILES string of the molecule is COC(=O)c1ccc(CNCCC(C)SC)cc1F. The number of thioether (sulfide) groups is 1. The summed E-state index contributed by atoms with van der Waals surface area (Å²) in [6.07, 6.45) is 3.16. The molecule has 0 spiro atoms. The second-order valence-corrected chi connectivity index (χ2v) is 5.59. The van der Waals surface area contributed by atoms with Gasteiger partial charge in [0.1, 0.15) is 5.82 Å². The Labute approximate surface area is 117 Å². The lowest BCUT2D eigenvalue weighted by Crippen LogP contribution is -2.18. The summed E-state index contributed by atoms with van der Waals surface area (Å²) in [5.41, 5.74) is 0.796. The maximum Gasteiger partial charge on any atom is 0.340 e. The van der Waals surface area contributed by atoms with Crippen molar-refractivity contribution >= 4 is 17.7 Å². The molecular weight excluding hydrogens is 265 g/mol. The maximum absolute atomic E-state index is 13.6. The minimum absolute atomic E-state index is 0.0257. The second-order valence-electron chi connectivity index (χ2n) is 4.32. The van der Waals surface area contributed by atoms with E-state index in [0.29, 0.717) is 11.8 Å². The highest BCUT2D eigenvalue weighted by Gasteiger charge is 2.11. The Bertz CT molecular complexity index is 426. The minimum Gasteiger partial charge on any atom is -0.465 e. The van der Waals surface area contributed by atoms with Gasteiger partial charge in [0.25, 0.3) is 0 Å². The molecule has 1 N–H and O–H groups in total. The Morgan fingerprint density at radius 2 is 2.26 bits per heavy atom. The van der Waals surface area contributed by atoms with E-state index in [1.807, 2.05) is 11.8 Å². The molecule has 1 unspecified atom stereocenters. The molecule has 3 nitrogen and oxygen atoms in total. The molecule has 0 aliphatic carbocycles. The third kappa shape index (κ3) is 5.20. The fourth-order valence-corrected chi connectivity index (χ4v) is 1.95. The number of nitrogens with one attached hydrogen (secondary N) is 1. The number of hydrogen-bond acceptors (Lipinski definition) is 4. The minimum atomic E-state index is -0.647. The zero-order chi connectivity index (χ0) is 14.3. The van der Waals surface area contributed by atoms with Gasteiger partial charge in [0.15, 0.2) is 0 Å². The number of hydrogen-bond donors (Lipinski definition) is 1. The van der Waals surface area contributed by atoms with E-state index in [1.54, 1.807) is 6.07 Å². The monoisotopic (exact) mass is 285 g/mol. The number of carbonyl (C=O) groups excluding carboxylic acids is 1. The Morgan fingerprint density at radius 1 is 1.53 bits per heavy atom. The van der Waals surface area contributed by atoms with Crippen LogP contribution in [0.2, 0.25) is 0 Å². The van der Waals surface area contributed by atoms with Crippen LogP contribution < -0.4 is 5.32 Å². The van der Waals surface area contributed by atoms with Gasteiger partial charge in [-0.25, -0.2) is 9.18 Å². The first-order chi connectivity index (χ1) is 9.08. The standard InChI is InChI=1S/C14H20FNO2S/c1-10(19-3)6-7-16-9-11-4-5-12(13(15)8-11)14(17)18-2/h4-5,8,10,16H,6-7,9H2,1-3H3. The largest absolute Gasteiger partial charge is 0.465 e. The lowest BCUT2D eigenvalue weighted by Gasteiger charge is -2.09. The lowest BCUT2D eigenvalue weighted by molar-refractivity contribution is 0.0595. The molecule has 1 rings (SSSR count). The first-order valence-corrected chi connectivity index (χ1v) is 7.47. The van der Waals surface area contributed by atoms with Crippen LogP contribution >= 0.6 is 11.8 Å². The van der Waals surface area contributed by atoms with Crippen LogP contribution in [0.5, 0.6) is 0 Å². The molecule has 0 aliphatic rings. The van der Waals surface area contributed by atoms with Crippen molar-refractivity contribution in [3.63, 3.8) is 0 Å². The smallest absolute Gasteiger partial charge is 0.340 e. The van der Waals surface area contributed by atoms with Crippen LogP contribution in [0.3, 0.4) is 0 Å². The van der Waals surface area contributed by atoms with Gasteiger partial charge >= 0.3 is 5.97 Å². The number of rotatable bonds is 7. The molecule has 19 heavy (non-hydrogen) atoms. The van der Waals surface area contributed by atoms with Gasteiger partial charge in [0.2, 0.25) is 0 Å². The van der Waals surface area contributed by atoms with Crippen molar-refractivity contribution in [2.45, 2.75) is 25.1 Å². The number of benzene rings is 1.